The monoisotopic (exact) mass is 528 g/mol. The number of hydrogen-bond acceptors (Lipinski definition) is 6. The van der Waals surface area contributed by atoms with E-state index >= 15 is 0 Å². The number of benzene rings is 1. The predicted octanol–water partition coefficient (Wildman–Crippen LogP) is 1.98. The lowest BCUT2D eigenvalue weighted by atomic mass is 9.93. The number of nitrogens with one attached hydrogen (secondary N) is 3. The summed E-state index contributed by atoms with van der Waals surface area (Å²) in [5.41, 5.74) is 0.0215. The summed E-state index contributed by atoms with van der Waals surface area (Å²) in [4.78, 5) is 54.6. The third kappa shape index (κ3) is 8.11. The third-order valence-electron chi connectivity index (χ3n) is 7.44. The molecule has 5 atom stereocenters. The van der Waals surface area contributed by atoms with E-state index in [9.17, 15) is 19.2 Å². The van der Waals surface area contributed by atoms with Crippen LogP contribution in [0.15, 0.2) is 30.3 Å². The number of ketones is 1. The van der Waals surface area contributed by atoms with E-state index < -0.39 is 29.6 Å². The molecule has 2 aliphatic rings. The van der Waals surface area contributed by atoms with E-state index in [0.29, 0.717) is 26.0 Å². The maximum atomic E-state index is 13.6. The molecule has 3 rings (SSSR count). The normalized spacial score (nSPS) is 23.0. The fraction of sp³-hybridized carbons (Fsp3) is 0.655. The Morgan fingerprint density at radius 2 is 1.76 bits per heavy atom. The van der Waals surface area contributed by atoms with Crippen LogP contribution in [0.2, 0.25) is 0 Å². The molecule has 0 aromatic heterocycles. The Balaban J connectivity index is 1.73. The number of rotatable bonds is 14. The van der Waals surface area contributed by atoms with Gasteiger partial charge in [0.15, 0.2) is 5.78 Å². The topological polar surface area (TPSA) is 120 Å². The van der Waals surface area contributed by atoms with E-state index in [1.165, 1.54) is 0 Å². The van der Waals surface area contributed by atoms with Gasteiger partial charge in [0, 0.05) is 19.0 Å². The van der Waals surface area contributed by atoms with Gasteiger partial charge >= 0.3 is 0 Å². The molecule has 0 spiro atoms. The fourth-order valence-electron chi connectivity index (χ4n) is 4.77. The highest BCUT2D eigenvalue weighted by Gasteiger charge is 2.50. The van der Waals surface area contributed by atoms with Crippen molar-refractivity contribution in [3.8, 4) is 0 Å². The zero-order chi connectivity index (χ0) is 27.9. The van der Waals surface area contributed by atoms with Crippen molar-refractivity contribution < 1.29 is 23.9 Å². The van der Waals surface area contributed by atoms with Gasteiger partial charge in [-0.05, 0) is 51.0 Å². The van der Waals surface area contributed by atoms with Crippen LogP contribution in [0.1, 0.15) is 65.9 Å². The van der Waals surface area contributed by atoms with Gasteiger partial charge in [-0.2, -0.15) is 0 Å². The minimum absolute atomic E-state index is 0.118. The molecule has 3 N–H and O–H groups in total. The first-order chi connectivity index (χ1) is 18.0. The zero-order valence-electron chi connectivity index (χ0n) is 23.4. The van der Waals surface area contributed by atoms with Crippen LogP contribution in [0.4, 0.5) is 0 Å². The van der Waals surface area contributed by atoms with Crippen molar-refractivity contribution in [2.24, 2.45) is 5.92 Å². The summed E-state index contributed by atoms with van der Waals surface area (Å²) in [5, 5.41) is 9.02. The molecule has 0 radical (unpaired) electrons. The molecule has 38 heavy (non-hydrogen) atoms. The van der Waals surface area contributed by atoms with Crippen molar-refractivity contribution in [1.82, 2.24) is 20.9 Å². The summed E-state index contributed by atoms with van der Waals surface area (Å²) < 4.78 is 5.35. The lowest BCUT2D eigenvalue weighted by Gasteiger charge is -2.28. The number of nitrogens with zero attached hydrogens (tertiary/aromatic N) is 1. The average Bonchev–Trinajstić information content (AvgIpc) is 3.45. The molecule has 1 aromatic rings. The van der Waals surface area contributed by atoms with Gasteiger partial charge in [-0.15, -0.1) is 0 Å². The molecule has 0 bridgehead atoms. The number of likely N-dealkylation sites (tertiary alicyclic amines) is 1. The molecular formula is C29H44N4O5. The highest BCUT2D eigenvalue weighted by Crippen LogP contribution is 2.29. The lowest BCUT2D eigenvalue weighted by Crippen LogP contribution is -2.57. The third-order valence-corrected chi connectivity index (χ3v) is 7.44. The Morgan fingerprint density at radius 1 is 1.08 bits per heavy atom. The first-order valence-corrected chi connectivity index (χ1v) is 13.9. The van der Waals surface area contributed by atoms with E-state index in [1.54, 1.807) is 11.8 Å². The Morgan fingerprint density at radius 3 is 2.37 bits per heavy atom. The van der Waals surface area contributed by atoms with Crippen molar-refractivity contribution in [1.29, 1.82) is 0 Å². The van der Waals surface area contributed by atoms with Crippen LogP contribution >= 0.6 is 0 Å². The van der Waals surface area contributed by atoms with Gasteiger partial charge in [0.05, 0.1) is 19.2 Å². The van der Waals surface area contributed by atoms with Crippen molar-refractivity contribution in [2.75, 3.05) is 19.7 Å². The number of ether oxygens (including phenoxy) is 1. The molecule has 9 heteroatoms. The Bertz CT molecular complexity index is 978. The van der Waals surface area contributed by atoms with E-state index in [2.05, 4.69) is 16.0 Å². The van der Waals surface area contributed by atoms with E-state index in [1.807, 2.05) is 58.0 Å². The summed E-state index contributed by atoms with van der Waals surface area (Å²) >= 11 is 0. The van der Waals surface area contributed by atoms with Gasteiger partial charge < -0.3 is 25.6 Å². The molecule has 0 aliphatic carbocycles. The highest BCUT2D eigenvalue weighted by molar-refractivity contribution is 5.98. The van der Waals surface area contributed by atoms with Crippen molar-refractivity contribution in [2.45, 2.75) is 96.5 Å². The molecule has 3 amide bonds. The number of carbonyl (C=O) groups excluding carboxylic acids is 4. The quantitative estimate of drug-likeness (QED) is 0.318. The van der Waals surface area contributed by atoms with Crippen LogP contribution < -0.4 is 16.0 Å². The predicted molar refractivity (Wildman–Crippen MR) is 145 cm³/mol. The minimum atomic E-state index is -0.893. The molecule has 2 fully saturated rings. The van der Waals surface area contributed by atoms with Crippen LogP contribution in [0.25, 0.3) is 0 Å². The van der Waals surface area contributed by atoms with Gasteiger partial charge in [0.25, 0.3) is 0 Å². The smallest absolute Gasteiger partial charge is 0.243 e. The van der Waals surface area contributed by atoms with E-state index in [0.717, 1.165) is 18.4 Å². The van der Waals surface area contributed by atoms with Gasteiger partial charge in [0.1, 0.15) is 17.7 Å². The molecule has 2 aliphatic heterocycles. The summed E-state index contributed by atoms with van der Waals surface area (Å²) in [6.07, 6.45) is 2.92. The maximum Gasteiger partial charge on any atom is 0.243 e. The van der Waals surface area contributed by atoms with Gasteiger partial charge in [0.2, 0.25) is 17.7 Å². The Hall–Kier alpha value is -2.78. The fourth-order valence-corrected chi connectivity index (χ4v) is 4.77. The van der Waals surface area contributed by atoms with Crippen molar-refractivity contribution >= 4 is 23.5 Å². The van der Waals surface area contributed by atoms with Gasteiger partial charge in [-0.25, -0.2) is 0 Å². The standard InChI is InChI=1S/C29H44N4O5/c1-6-20(4)30-17-25(34)33-14-10-13-24(33)28(37)32-23(16-21-11-8-7-9-12-21)27(36)31-22(15-19(2)3)26(35)29(5)18-38-29/h7-9,11-12,19-20,22-24,30H,6,10,13-18H2,1-5H3,(H,31,36)(H,32,37)/t20?,22-,23-,24-,29+/m0/s1. The number of amides is 3. The van der Waals surface area contributed by atoms with Crippen molar-refractivity contribution in [3.05, 3.63) is 35.9 Å². The van der Waals surface area contributed by atoms with Gasteiger partial charge in [-0.1, -0.05) is 51.1 Å². The van der Waals surface area contributed by atoms with E-state index in [-0.39, 0.29) is 42.5 Å². The van der Waals surface area contributed by atoms with Crippen LogP contribution in [-0.4, -0.2) is 77.9 Å². The number of carbonyl (C=O) groups is 4. The highest BCUT2D eigenvalue weighted by atomic mass is 16.6. The molecule has 2 saturated heterocycles. The van der Waals surface area contributed by atoms with Crippen LogP contribution in [-0.2, 0) is 30.3 Å². The van der Waals surface area contributed by atoms with Crippen molar-refractivity contribution in [3.63, 3.8) is 0 Å². The largest absolute Gasteiger partial charge is 0.361 e. The number of epoxide rings is 1. The molecule has 9 nitrogen and oxygen atoms in total. The second-order valence-corrected chi connectivity index (χ2v) is 11.3. The van der Waals surface area contributed by atoms with E-state index in [4.69, 9.17) is 4.74 Å². The Labute approximate surface area is 226 Å². The molecule has 1 unspecified atom stereocenters. The Kier molecular flexibility index (Phi) is 10.4. The van der Waals surface area contributed by atoms with Crippen LogP contribution in [0.5, 0.6) is 0 Å². The zero-order valence-corrected chi connectivity index (χ0v) is 23.4. The first kappa shape index (κ1) is 29.8. The second kappa shape index (κ2) is 13.3. The summed E-state index contributed by atoms with van der Waals surface area (Å²) in [7, 11) is 0. The summed E-state index contributed by atoms with van der Waals surface area (Å²) in [5.74, 6) is -0.853. The summed E-state index contributed by atoms with van der Waals surface area (Å²) in [6, 6.07) is 7.42. The lowest BCUT2D eigenvalue weighted by molar-refractivity contribution is -0.139. The second-order valence-electron chi connectivity index (χ2n) is 11.3. The first-order valence-electron chi connectivity index (χ1n) is 13.9. The molecule has 1 aromatic carbocycles. The number of hydrogen-bond donors (Lipinski definition) is 3. The minimum Gasteiger partial charge on any atom is -0.361 e. The van der Waals surface area contributed by atoms with Crippen LogP contribution in [0.3, 0.4) is 0 Å². The van der Waals surface area contributed by atoms with Crippen LogP contribution in [0, 0.1) is 5.92 Å². The molecular weight excluding hydrogens is 484 g/mol. The molecule has 210 valence electrons. The molecule has 2 heterocycles. The number of Topliss-reactive ketones (excluding diaryl/α,β-unsaturated/α-hetero) is 1. The summed E-state index contributed by atoms with van der Waals surface area (Å²) in [6.45, 7) is 10.8. The SMILES string of the molecule is CCC(C)NCC(=O)N1CCC[C@H]1C(=O)N[C@@H](Cc1ccccc1)C(=O)N[C@@H](CC(C)C)C(=O)[C@@]1(C)CO1. The van der Waals surface area contributed by atoms with Gasteiger partial charge in [-0.3, -0.25) is 19.2 Å². The maximum absolute atomic E-state index is 13.6. The molecule has 0 saturated carbocycles. The average molecular weight is 529 g/mol.